The number of aryl methyl sites for hydroxylation is 2. The molecule has 1 aliphatic rings. The summed E-state index contributed by atoms with van der Waals surface area (Å²) in [5, 5.41) is 3.65. The summed E-state index contributed by atoms with van der Waals surface area (Å²) in [5.74, 6) is -0.401. The molecule has 118 valence electrons. The van der Waals surface area contributed by atoms with E-state index in [0.717, 1.165) is 24.1 Å². The number of nitrogens with two attached hydrogens (primary N) is 1. The van der Waals surface area contributed by atoms with Gasteiger partial charge in [0.25, 0.3) is 0 Å². The summed E-state index contributed by atoms with van der Waals surface area (Å²) in [6, 6.07) is 9.65. The second-order valence-electron chi connectivity index (χ2n) is 5.28. The average Bonchev–Trinajstić information content (AvgIpc) is 2.91. The number of benzene rings is 1. The first kappa shape index (κ1) is 16.9. The zero-order valence-electron chi connectivity index (χ0n) is 12.2. The average molecular weight is 338 g/mol. The van der Waals surface area contributed by atoms with Crippen molar-refractivity contribution in [3.8, 4) is 0 Å². The quantitative estimate of drug-likeness (QED) is 0.900. The van der Waals surface area contributed by atoms with Crippen molar-refractivity contribution in [3.05, 3.63) is 46.5 Å². The smallest absolute Gasteiger partial charge is 0.234 e. The lowest BCUT2D eigenvalue weighted by atomic mass is 9.98. The number of amides is 1. The Labute approximate surface area is 140 Å². The lowest BCUT2D eigenvalue weighted by Gasteiger charge is -2.13. The van der Waals surface area contributed by atoms with Crippen molar-refractivity contribution in [1.82, 2.24) is 4.98 Å². The predicted molar refractivity (Wildman–Crippen MR) is 92.9 cm³/mol. The SMILES string of the molecule is Cl.NCC(C(=O)Nc1nc2c(s1)CCCC2)c1ccccc1. The van der Waals surface area contributed by atoms with E-state index in [4.69, 9.17) is 5.73 Å². The maximum Gasteiger partial charge on any atom is 0.234 e. The second kappa shape index (κ2) is 7.72. The Hall–Kier alpha value is -1.43. The number of halogens is 1. The topological polar surface area (TPSA) is 68.0 Å². The number of hydrogen-bond donors (Lipinski definition) is 2. The molecule has 3 rings (SSSR count). The maximum atomic E-state index is 12.4. The van der Waals surface area contributed by atoms with Crippen LogP contribution in [0.5, 0.6) is 0 Å². The molecule has 1 unspecified atom stereocenters. The van der Waals surface area contributed by atoms with Crippen LogP contribution in [-0.2, 0) is 17.6 Å². The van der Waals surface area contributed by atoms with Crippen molar-refractivity contribution in [2.75, 3.05) is 11.9 Å². The summed E-state index contributed by atoms with van der Waals surface area (Å²) in [4.78, 5) is 18.3. The maximum absolute atomic E-state index is 12.4. The van der Waals surface area contributed by atoms with Crippen LogP contribution < -0.4 is 11.1 Å². The van der Waals surface area contributed by atoms with Crippen molar-refractivity contribution < 1.29 is 4.79 Å². The number of carbonyl (C=O) groups excluding carboxylic acids is 1. The van der Waals surface area contributed by atoms with Crippen molar-refractivity contribution in [2.24, 2.45) is 5.73 Å². The summed E-state index contributed by atoms with van der Waals surface area (Å²) < 4.78 is 0. The number of carbonyl (C=O) groups is 1. The minimum atomic E-state index is -0.327. The number of hydrogen-bond acceptors (Lipinski definition) is 4. The molecule has 0 fully saturated rings. The number of nitrogens with one attached hydrogen (secondary N) is 1. The van der Waals surface area contributed by atoms with Crippen LogP contribution in [0.25, 0.3) is 0 Å². The fourth-order valence-corrected chi connectivity index (χ4v) is 3.73. The molecule has 0 radical (unpaired) electrons. The van der Waals surface area contributed by atoms with Crippen LogP contribution in [0.15, 0.2) is 30.3 Å². The van der Waals surface area contributed by atoms with E-state index >= 15 is 0 Å². The molecule has 4 nitrogen and oxygen atoms in total. The molecule has 1 aromatic heterocycles. The van der Waals surface area contributed by atoms with E-state index < -0.39 is 0 Å². The molecular formula is C16H20ClN3OS. The van der Waals surface area contributed by atoms with E-state index in [2.05, 4.69) is 10.3 Å². The molecule has 3 N–H and O–H groups in total. The third kappa shape index (κ3) is 3.66. The van der Waals surface area contributed by atoms with Gasteiger partial charge in [0.1, 0.15) is 0 Å². The molecule has 1 amide bonds. The van der Waals surface area contributed by atoms with Gasteiger partial charge in [-0.1, -0.05) is 30.3 Å². The highest BCUT2D eigenvalue weighted by molar-refractivity contribution is 7.15. The molecule has 1 atom stereocenters. The van der Waals surface area contributed by atoms with E-state index in [1.807, 2.05) is 30.3 Å². The van der Waals surface area contributed by atoms with Crippen LogP contribution in [-0.4, -0.2) is 17.4 Å². The Morgan fingerprint density at radius 3 is 2.68 bits per heavy atom. The number of nitrogens with zero attached hydrogens (tertiary/aromatic N) is 1. The third-order valence-corrected chi connectivity index (χ3v) is 4.90. The van der Waals surface area contributed by atoms with Gasteiger partial charge >= 0.3 is 0 Å². The Bertz CT molecular complexity index is 606. The predicted octanol–water partition coefficient (Wildman–Crippen LogP) is 3.12. The van der Waals surface area contributed by atoms with Gasteiger partial charge in [-0.15, -0.1) is 23.7 Å². The molecule has 6 heteroatoms. The minimum Gasteiger partial charge on any atom is -0.329 e. The Kier molecular flexibility index (Phi) is 5.94. The highest BCUT2D eigenvalue weighted by Gasteiger charge is 2.21. The zero-order valence-corrected chi connectivity index (χ0v) is 13.9. The molecule has 0 saturated carbocycles. The number of thiazole rings is 1. The van der Waals surface area contributed by atoms with Gasteiger partial charge in [0.15, 0.2) is 5.13 Å². The minimum absolute atomic E-state index is 0. The summed E-state index contributed by atoms with van der Waals surface area (Å²) in [6.07, 6.45) is 4.53. The monoisotopic (exact) mass is 337 g/mol. The summed E-state index contributed by atoms with van der Waals surface area (Å²) in [5.41, 5.74) is 7.88. The lowest BCUT2D eigenvalue weighted by molar-refractivity contribution is -0.117. The van der Waals surface area contributed by atoms with Gasteiger partial charge in [0.2, 0.25) is 5.91 Å². The Balaban J connectivity index is 0.00000176. The molecule has 2 aromatic rings. The highest BCUT2D eigenvalue weighted by Crippen LogP contribution is 2.30. The summed E-state index contributed by atoms with van der Waals surface area (Å²) in [7, 11) is 0. The molecule has 0 saturated heterocycles. The van der Waals surface area contributed by atoms with Gasteiger partial charge in [-0.3, -0.25) is 4.79 Å². The van der Waals surface area contributed by atoms with Crippen LogP contribution in [0, 0.1) is 0 Å². The van der Waals surface area contributed by atoms with Gasteiger partial charge in [-0.05, 0) is 31.2 Å². The van der Waals surface area contributed by atoms with Crippen LogP contribution in [0.3, 0.4) is 0 Å². The van der Waals surface area contributed by atoms with Gasteiger partial charge in [0.05, 0.1) is 11.6 Å². The molecule has 22 heavy (non-hydrogen) atoms. The first-order chi connectivity index (χ1) is 10.3. The van der Waals surface area contributed by atoms with Crippen LogP contribution in [0.1, 0.15) is 34.9 Å². The molecule has 1 aliphatic carbocycles. The normalized spacial score (nSPS) is 14.6. The van der Waals surface area contributed by atoms with Gasteiger partial charge < -0.3 is 11.1 Å². The Morgan fingerprint density at radius 2 is 2.00 bits per heavy atom. The lowest BCUT2D eigenvalue weighted by Crippen LogP contribution is -2.27. The van der Waals surface area contributed by atoms with Gasteiger partial charge in [-0.25, -0.2) is 4.98 Å². The number of anilines is 1. The van der Waals surface area contributed by atoms with Gasteiger partial charge in [0, 0.05) is 11.4 Å². The number of aromatic nitrogens is 1. The zero-order chi connectivity index (χ0) is 14.7. The fourth-order valence-electron chi connectivity index (χ4n) is 2.68. The number of fused-ring (bicyclic) bond motifs is 1. The van der Waals surface area contributed by atoms with Crippen molar-refractivity contribution in [1.29, 1.82) is 0 Å². The number of rotatable bonds is 4. The van der Waals surface area contributed by atoms with E-state index in [9.17, 15) is 4.79 Å². The standard InChI is InChI=1S/C16H19N3OS.ClH/c17-10-12(11-6-2-1-3-7-11)15(20)19-16-18-13-8-4-5-9-14(13)21-16;/h1-3,6-7,12H,4-5,8-10,17H2,(H,18,19,20);1H. The van der Waals surface area contributed by atoms with E-state index in [-0.39, 0.29) is 24.2 Å². The molecule has 1 aromatic carbocycles. The van der Waals surface area contributed by atoms with Gasteiger partial charge in [-0.2, -0.15) is 0 Å². The molecule has 0 bridgehead atoms. The van der Waals surface area contributed by atoms with E-state index in [1.54, 1.807) is 11.3 Å². The van der Waals surface area contributed by atoms with Crippen molar-refractivity contribution in [3.63, 3.8) is 0 Å². The van der Waals surface area contributed by atoms with E-state index in [1.165, 1.54) is 17.7 Å². The van der Waals surface area contributed by atoms with Crippen LogP contribution in [0.4, 0.5) is 5.13 Å². The van der Waals surface area contributed by atoms with Crippen molar-refractivity contribution >= 4 is 34.8 Å². The molecule has 1 heterocycles. The first-order valence-electron chi connectivity index (χ1n) is 7.32. The Morgan fingerprint density at radius 1 is 1.27 bits per heavy atom. The van der Waals surface area contributed by atoms with Crippen LogP contribution in [0.2, 0.25) is 0 Å². The largest absolute Gasteiger partial charge is 0.329 e. The first-order valence-corrected chi connectivity index (χ1v) is 8.14. The summed E-state index contributed by atoms with van der Waals surface area (Å²) in [6.45, 7) is 0.293. The van der Waals surface area contributed by atoms with Crippen molar-refractivity contribution in [2.45, 2.75) is 31.6 Å². The van der Waals surface area contributed by atoms with E-state index in [0.29, 0.717) is 11.7 Å². The molecule has 0 aliphatic heterocycles. The summed E-state index contributed by atoms with van der Waals surface area (Å²) >= 11 is 1.60. The molecule has 0 spiro atoms. The third-order valence-electron chi connectivity index (χ3n) is 3.83. The molecular weight excluding hydrogens is 318 g/mol. The second-order valence-corrected chi connectivity index (χ2v) is 6.37. The highest BCUT2D eigenvalue weighted by atomic mass is 35.5. The van der Waals surface area contributed by atoms with Crippen LogP contribution >= 0.6 is 23.7 Å². The fraction of sp³-hybridized carbons (Fsp3) is 0.375.